The Kier molecular flexibility index (Phi) is 5.26. The summed E-state index contributed by atoms with van der Waals surface area (Å²) < 4.78 is 4.93. The fourth-order valence-corrected chi connectivity index (χ4v) is 2.13. The molecule has 1 amide bonds. The number of ketones is 1. The highest BCUT2D eigenvalue weighted by molar-refractivity contribution is 6.47. The minimum Gasteiger partial charge on any atom is -0.481 e. The highest BCUT2D eigenvalue weighted by Gasteiger charge is 2.27. The number of Topliss-reactive ketones (excluding diaryl/α,β-unsaturated/α-hetero) is 1. The van der Waals surface area contributed by atoms with Crippen molar-refractivity contribution >= 4 is 23.3 Å². The Balaban J connectivity index is 2.36. The summed E-state index contributed by atoms with van der Waals surface area (Å²) in [5.41, 5.74) is 1.07. The van der Waals surface area contributed by atoms with Crippen LogP contribution in [0.2, 0.25) is 0 Å². The first-order valence-electron chi connectivity index (χ1n) is 7.07. The first-order valence-corrected chi connectivity index (χ1v) is 7.07. The molecule has 0 saturated carbocycles. The Morgan fingerprint density at radius 3 is 2.42 bits per heavy atom. The normalized spacial score (nSPS) is 10.1. The number of carboxylic acid groups (broad SMARTS) is 1. The highest BCUT2D eigenvalue weighted by atomic mass is 16.5. The molecular formula is C17H16N2O5. The maximum absolute atomic E-state index is 12.5. The number of carbonyl (C=O) groups excluding carboxylic acids is 2. The molecule has 0 radical (unpaired) electrons. The van der Waals surface area contributed by atoms with E-state index in [4.69, 9.17) is 9.84 Å². The third-order valence-electron chi connectivity index (χ3n) is 3.36. The largest absolute Gasteiger partial charge is 0.481 e. The van der Waals surface area contributed by atoms with Crippen LogP contribution in [0.4, 0.5) is 5.69 Å². The van der Waals surface area contributed by atoms with Crippen LogP contribution in [0.15, 0.2) is 42.6 Å². The van der Waals surface area contributed by atoms with Crippen molar-refractivity contribution in [3.63, 3.8) is 0 Å². The lowest BCUT2D eigenvalue weighted by Gasteiger charge is -2.20. The van der Waals surface area contributed by atoms with Crippen LogP contribution in [-0.4, -0.2) is 41.4 Å². The molecule has 0 bridgehead atoms. The predicted octanol–water partition coefficient (Wildman–Crippen LogP) is 1.70. The van der Waals surface area contributed by atoms with Gasteiger partial charge >= 0.3 is 5.97 Å². The lowest BCUT2D eigenvalue weighted by Crippen LogP contribution is -2.40. The van der Waals surface area contributed by atoms with Crippen LogP contribution in [-0.2, 0) is 9.59 Å². The average molecular weight is 328 g/mol. The lowest BCUT2D eigenvalue weighted by atomic mass is 10.0. The van der Waals surface area contributed by atoms with E-state index in [-0.39, 0.29) is 11.3 Å². The van der Waals surface area contributed by atoms with Crippen LogP contribution in [0.3, 0.4) is 0 Å². The third kappa shape index (κ3) is 3.75. The molecule has 0 aliphatic heterocycles. The summed E-state index contributed by atoms with van der Waals surface area (Å²) in [4.78, 5) is 40.9. The number of ether oxygens (including phenoxy) is 1. The molecule has 124 valence electrons. The highest BCUT2D eigenvalue weighted by Crippen LogP contribution is 2.18. The van der Waals surface area contributed by atoms with Gasteiger partial charge in [0.15, 0.2) is 0 Å². The van der Waals surface area contributed by atoms with Gasteiger partial charge in [-0.1, -0.05) is 24.3 Å². The molecule has 0 aliphatic carbocycles. The molecule has 24 heavy (non-hydrogen) atoms. The van der Waals surface area contributed by atoms with Crippen molar-refractivity contribution in [2.75, 3.05) is 18.6 Å². The number of aromatic nitrogens is 1. The minimum absolute atomic E-state index is 0.199. The number of methoxy groups -OCH3 is 1. The number of rotatable bonds is 6. The average Bonchev–Trinajstić information content (AvgIpc) is 2.59. The van der Waals surface area contributed by atoms with E-state index in [1.807, 2.05) is 0 Å². The summed E-state index contributed by atoms with van der Waals surface area (Å²) in [5.74, 6) is -2.63. The number of hydrogen-bond donors (Lipinski definition) is 1. The number of nitrogens with zero attached hydrogens (tertiary/aromatic N) is 2. The number of anilines is 1. The summed E-state index contributed by atoms with van der Waals surface area (Å²) in [6.45, 7) is 1.06. The zero-order valence-corrected chi connectivity index (χ0v) is 13.2. The molecule has 0 saturated heterocycles. The molecular weight excluding hydrogens is 312 g/mol. The van der Waals surface area contributed by atoms with Crippen molar-refractivity contribution < 1.29 is 24.2 Å². The topological polar surface area (TPSA) is 96.8 Å². The summed E-state index contributed by atoms with van der Waals surface area (Å²) in [5, 5.41) is 9.05. The zero-order chi connectivity index (χ0) is 17.7. The number of benzene rings is 1. The van der Waals surface area contributed by atoms with Gasteiger partial charge in [-0.2, -0.15) is 0 Å². The fourth-order valence-electron chi connectivity index (χ4n) is 2.13. The number of carboxylic acids is 1. The van der Waals surface area contributed by atoms with E-state index in [0.717, 1.165) is 4.90 Å². The SMILES string of the molecule is COc1ccc(N(CC(=O)O)C(=O)C(=O)c2ccccc2C)cn1. The van der Waals surface area contributed by atoms with Gasteiger partial charge in [0.1, 0.15) is 6.54 Å². The van der Waals surface area contributed by atoms with Gasteiger partial charge in [-0.15, -0.1) is 0 Å². The number of aliphatic carboxylic acids is 1. The van der Waals surface area contributed by atoms with Crippen LogP contribution >= 0.6 is 0 Å². The molecule has 0 atom stereocenters. The van der Waals surface area contributed by atoms with Crippen LogP contribution in [0.25, 0.3) is 0 Å². The van der Waals surface area contributed by atoms with Crippen molar-refractivity contribution in [1.29, 1.82) is 0 Å². The number of carbonyl (C=O) groups is 3. The fraction of sp³-hybridized carbons (Fsp3) is 0.176. The van der Waals surface area contributed by atoms with E-state index in [2.05, 4.69) is 4.98 Å². The van der Waals surface area contributed by atoms with Gasteiger partial charge in [0, 0.05) is 11.6 Å². The van der Waals surface area contributed by atoms with Gasteiger partial charge in [-0.25, -0.2) is 4.98 Å². The molecule has 0 spiro atoms. The van der Waals surface area contributed by atoms with Gasteiger partial charge in [0.05, 0.1) is 19.0 Å². The number of aryl methyl sites for hydroxylation is 1. The van der Waals surface area contributed by atoms with Crippen molar-refractivity contribution in [2.45, 2.75) is 6.92 Å². The van der Waals surface area contributed by atoms with Gasteiger partial charge in [-0.3, -0.25) is 19.3 Å². The number of amides is 1. The van der Waals surface area contributed by atoms with Crippen molar-refractivity contribution in [3.8, 4) is 5.88 Å². The van der Waals surface area contributed by atoms with Gasteiger partial charge < -0.3 is 9.84 Å². The Bertz CT molecular complexity index is 771. The van der Waals surface area contributed by atoms with E-state index < -0.39 is 24.2 Å². The van der Waals surface area contributed by atoms with Gasteiger partial charge in [0.25, 0.3) is 11.7 Å². The summed E-state index contributed by atoms with van der Waals surface area (Å²) >= 11 is 0. The second-order valence-corrected chi connectivity index (χ2v) is 4.99. The molecule has 7 nitrogen and oxygen atoms in total. The smallest absolute Gasteiger partial charge is 0.323 e. The second-order valence-electron chi connectivity index (χ2n) is 4.99. The molecule has 0 unspecified atom stereocenters. The third-order valence-corrected chi connectivity index (χ3v) is 3.36. The summed E-state index contributed by atoms with van der Waals surface area (Å²) in [6, 6.07) is 9.58. The minimum atomic E-state index is -1.24. The van der Waals surface area contributed by atoms with E-state index >= 15 is 0 Å². The molecule has 7 heteroatoms. The monoisotopic (exact) mass is 328 g/mol. The molecule has 2 rings (SSSR count). The predicted molar refractivity (Wildman–Crippen MR) is 86.3 cm³/mol. The standard InChI is InChI=1S/C17H16N2O5/c1-11-5-3-4-6-13(11)16(22)17(23)19(10-15(20)21)12-7-8-14(24-2)18-9-12/h3-9H,10H2,1-2H3,(H,20,21). The van der Waals surface area contributed by atoms with Crippen molar-refractivity contribution in [2.24, 2.45) is 0 Å². The van der Waals surface area contributed by atoms with E-state index in [0.29, 0.717) is 11.4 Å². The van der Waals surface area contributed by atoms with Crippen LogP contribution < -0.4 is 9.64 Å². The molecule has 2 aromatic rings. The number of hydrogen-bond acceptors (Lipinski definition) is 5. The zero-order valence-electron chi connectivity index (χ0n) is 13.2. The molecule has 1 aromatic heterocycles. The van der Waals surface area contributed by atoms with Crippen LogP contribution in [0.1, 0.15) is 15.9 Å². The maximum atomic E-state index is 12.5. The Morgan fingerprint density at radius 1 is 1.17 bits per heavy atom. The Morgan fingerprint density at radius 2 is 1.88 bits per heavy atom. The summed E-state index contributed by atoms with van der Waals surface area (Å²) in [7, 11) is 1.43. The molecule has 1 heterocycles. The first kappa shape index (κ1) is 17.1. The molecule has 0 fully saturated rings. The van der Waals surface area contributed by atoms with E-state index in [1.165, 1.54) is 31.5 Å². The quantitative estimate of drug-likeness (QED) is 0.640. The Hall–Kier alpha value is -3.22. The number of pyridine rings is 1. The van der Waals surface area contributed by atoms with Gasteiger partial charge in [0.2, 0.25) is 5.88 Å². The van der Waals surface area contributed by atoms with E-state index in [1.54, 1.807) is 25.1 Å². The molecule has 0 aliphatic rings. The van der Waals surface area contributed by atoms with E-state index in [9.17, 15) is 14.4 Å². The maximum Gasteiger partial charge on any atom is 0.323 e. The lowest BCUT2D eigenvalue weighted by molar-refractivity contribution is -0.136. The molecule has 1 aromatic carbocycles. The van der Waals surface area contributed by atoms with Gasteiger partial charge in [-0.05, 0) is 18.6 Å². The molecule has 1 N–H and O–H groups in total. The van der Waals surface area contributed by atoms with Crippen molar-refractivity contribution in [3.05, 3.63) is 53.7 Å². The van der Waals surface area contributed by atoms with Crippen molar-refractivity contribution in [1.82, 2.24) is 4.98 Å². The Labute approximate surface area is 138 Å². The van der Waals surface area contributed by atoms with Crippen LogP contribution in [0.5, 0.6) is 5.88 Å². The summed E-state index contributed by atoms with van der Waals surface area (Å²) in [6.07, 6.45) is 1.28. The first-order chi connectivity index (χ1) is 11.4. The van der Waals surface area contributed by atoms with Crippen LogP contribution in [0, 0.1) is 6.92 Å². The second kappa shape index (κ2) is 7.36.